The first-order valence-corrected chi connectivity index (χ1v) is 13.2. The third-order valence-corrected chi connectivity index (χ3v) is 7.10. The summed E-state index contributed by atoms with van der Waals surface area (Å²) in [6, 6.07) is 20.2. The van der Waals surface area contributed by atoms with Crippen molar-refractivity contribution in [2.24, 2.45) is 0 Å². The minimum Gasteiger partial charge on any atom is -0.453 e. The summed E-state index contributed by atoms with van der Waals surface area (Å²) in [5.74, 6) is 0.474. The highest BCUT2D eigenvalue weighted by Crippen LogP contribution is 2.22. The molecule has 1 atom stereocenters. The lowest BCUT2D eigenvalue weighted by Crippen LogP contribution is -2.42. The van der Waals surface area contributed by atoms with Crippen molar-refractivity contribution in [1.29, 1.82) is 0 Å². The van der Waals surface area contributed by atoms with Crippen molar-refractivity contribution in [2.75, 3.05) is 12.4 Å². The van der Waals surface area contributed by atoms with Gasteiger partial charge in [0.25, 0.3) is 10.0 Å². The van der Waals surface area contributed by atoms with E-state index in [1.165, 1.54) is 31.4 Å². The molecule has 3 N–H and O–H groups in total. The number of rotatable bonds is 8. The molecule has 196 valence electrons. The van der Waals surface area contributed by atoms with Crippen molar-refractivity contribution in [1.82, 2.24) is 19.6 Å². The summed E-state index contributed by atoms with van der Waals surface area (Å²) >= 11 is 5.85. The normalized spacial score (nSPS) is 11.8. The number of carbonyl (C=O) groups is 2. The molecule has 0 spiro atoms. The quantitative estimate of drug-likeness (QED) is 0.290. The molecule has 1 aromatic heterocycles. The van der Waals surface area contributed by atoms with Crippen LogP contribution in [0.4, 0.5) is 15.3 Å². The standard InChI is InChI=1S/C26H24ClN5O5S/c1-37-26(34)29-20-9-11-21(12-10-20)32-16-15-28-24(32)23(17-18-5-3-2-4-6-18)30-25(33)31-38(35,36)22-13-7-19(27)8-14-22/h2-16,23H,17H2,1H3,(H,29,34)(H2,30,31,33)/t23-/m0/s1. The van der Waals surface area contributed by atoms with Gasteiger partial charge in [0.05, 0.1) is 18.0 Å². The number of nitrogens with zero attached hydrogens (tertiary/aromatic N) is 2. The highest BCUT2D eigenvalue weighted by atomic mass is 35.5. The molecule has 3 amide bonds. The fourth-order valence-electron chi connectivity index (χ4n) is 3.70. The summed E-state index contributed by atoms with van der Waals surface area (Å²) in [5.41, 5.74) is 2.15. The molecule has 10 nitrogen and oxygen atoms in total. The molecule has 0 saturated heterocycles. The van der Waals surface area contributed by atoms with E-state index in [4.69, 9.17) is 11.6 Å². The van der Waals surface area contributed by atoms with Crippen LogP contribution in [-0.4, -0.2) is 37.2 Å². The lowest BCUT2D eigenvalue weighted by molar-refractivity contribution is 0.187. The van der Waals surface area contributed by atoms with Crippen LogP contribution in [0.1, 0.15) is 17.4 Å². The second-order valence-corrected chi connectivity index (χ2v) is 10.2. The maximum Gasteiger partial charge on any atom is 0.411 e. The third-order valence-electron chi connectivity index (χ3n) is 5.50. The van der Waals surface area contributed by atoms with Crippen LogP contribution in [0.5, 0.6) is 0 Å². The fourth-order valence-corrected chi connectivity index (χ4v) is 4.75. The Morgan fingerprint density at radius 2 is 1.68 bits per heavy atom. The van der Waals surface area contributed by atoms with E-state index >= 15 is 0 Å². The van der Waals surface area contributed by atoms with E-state index < -0.39 is 28.2 Å². The van der Waals surface area contributed by atoms with Gasteiger partial charge >= 0.3 is 12.1 Å². The lowest BCUT2D eigenvalue weighted by Gasteiger charge is -2.21. The number of benzene rings is 3. The van der Waals surface area contributed by atoms with Crippen LogP contribution in [0.15, 0.2) is 96.2 Å². The van der Waals surface area contributed by atoms with Gasteiger partial charge in [0.1, 0.15) is 5.82 Å². The Morgan fingerprint density at radius 1 is 1.00 bits per heavy atom. The Morgan fingerprint density at radius 3 is 2.34 bits per heavy atom. The monoisotopic (exact) mass is 553 g/mol. The summed E-state index contributed by atoms with van der Waals surface area (Å²) in [7, 11) is -2.86. The first-order chi connectivity index (χ1) is 18.2. The number of urea groups is 1. The molecule has 4 rings (SSSR count). The molecule has 0 saturated carbocycles. The van der Waals surface area contributed by atoms with E-state index in [9.17, 15) is 18.0 Å². The van der Waals surface area contributed by atoms with Crippen LogP contribution in [0.25, 0.3) is 5.69 Å². The van der Waals surface area contributed by atoms with Gasteiger partial charge in [0.2, 0.25) is 0 Å². The van der Waals surface area contributed by atoms with E-state index in [1.807, 2.05) is 30.3 Å². The Bertz CT molecular complexity index is 1510. The number of nitrogens with one attached hydrogen (secondary N) is 3. The highest BCUT2D eigenvalue weighted by molar-refractivity contribution is 7.90. The minimum absolute atomic E-state index is 0.0983. The van der Waals surface area contributed by atoms with Crippen molar-refractivity contribution in [3.05, 3.63) is 108 Å². The summed E-state index contributed by atoms with van der Waals surface area (Å²) in [6.45, 7) is 0. The van der Waals surface area contributed by atoms with Crippen LogP contribution in [0.3, 0.4) is 0 Å². The molecular formula is C26H24ClN5O5S. The van der Waals surface area contributed by atoms with Gasteiger partial charge in [-0.3, -0.25) is 5.32 Å². The Labute approximate surface area is 224 Å². The number of sulfonamides is 1. The predicted octanol–water partition coefficient (Wildman–Crippen LogP) is 4.68. The molecule has 0 aliphatic heterocycles. The zero-order valence-electron chi connectivity index (χ0n) is 20.2. The average molecular weight is 554 g/mol. The van der Waals surface area contributed by atoms with Crippen molar-refractivity contribution in [3.8, 4) is 5.69 Å². The topological polar surface area (TPSA) is 131 Å². The summed E-state index contributed by atoms with van der Waals surface area (Å²) in [6.07, 6.45) is 3.06. The molecule has 1 heterocycles. The number of methoxy groups -OCH3 is 1. The number of amides is 3. The second kappa shape index (κ2) is 11.8. The Balaban J connectivity index is 1.59. The number of hydrogen-bond donors (Lipinski definition) is 3. The molecule has 0 radical (unpaired) electrons. The summed E-state index contributed by atoms with van der Waals surface area (Å²) in [4.78, 5) is 28.7. The van der Waals surface area contributed by atoms with E-state index in [2.05, 4.69) is 25.1 Å². The number of carbonyl (C=O) groups excluding carboxylic acids is 2. The van der Waals surface area contributed by atoms with Crippen molar-refractivity contribution in [3.63, 3.8) is 0 Å². The van der Waals surface area contributed by atoms with Crippen molar-refractivity contribution in [2.45, 2.75) is 17.4 Å². The molecule has 0 bridgehead atoms. The van der Waals surface area contributed by atoms with Gasteiger partial charge in [-0.2, -0.15) is 0 Å². The number of hydrogen-bond acceptors (Lipinski definition) is 6. The lowest BCUT2D eigenvalue weighted by atomic mass is 10.1. The van der Waals surface area contributed by atoms with E-state index in [1.54, 1.807) is 41.2 Å². The number of ether oxygens (including phenoxy) is 1. The van der Waals surface area contributed by atoms with Crippen LogP contribution in [0.2, 0.25) is 5.02 Å². The Kier molecular flexibility index (Phi) is 8.29. The van der Waals surface area contributed by atoms with Crippen LogP contribution >= 0.6 is 11.6 Å². The van der Waals surface area contributed by atoms with Gasteiger partial charge in [-0.05, 0) is 60.5 Å². The molecule has 12 heteroatoms. The highest BCUT2D eigenvalue weighted by Gasteiger charge is 2.24. The SMILES string of the molecule is COC(=O)Nc1ccc(-n2ccnc2[C@H](Cc2ccccc2)NC(=O)NS(=O)(=O)c2ccc(Cl)cc2)cc1. The summed E-state index contributed by atoms with van der Waals surface area (Å²) in [5, 5.41) is 5.70. The van der Waals surface area contributed by atoms with Crippen molar-refractivity contribution < 1.29 is 22.7 Å². The molecule has 0 aliphatic rings. The Hall–Kier alpha value is -4.35. The van der Waals surface area contributed by atoms with Crippen LogP contribution in [-0.2, 0) is 21.2 Å². The number of anilines is 1. The zero-order valence-corrected chi connectivity index (χ0v) is 21.7. The third kappa shape index (κ3) is 6.69. The molecule has 0 unspecified atom stereocenters. The largest absolute Gasteiger partial charge is 0.453 e. The number of imidazole rings is 1. The van der Waals surface area contributed by atoms with Gasteiger partial charge in [-0.1, -0.05) is 41.9 Å². The molecule has 0 aliphatic carbocycles. The van der Waals surface area contributed by atoms with Gasteiger partial charge < -0.3 is 14.6 Å². The maximum absolute atomic E-state index is 12.9. The van der Waals surface area contributed by atoms with E-state index in [0.29, 0.717) is 28.6 Å². The zero-order chi connectivity index (χ0) is 27.1. The molecule has 4 aromatic rings. The van der Waals surface area contributed by atoms with Gasteiger partial charge in [-0.25, -0.2) is 27.7 Å². The first kappa shape index (κ1) is 26.7. The average Bonchev–Trinajstić information content (AvgIpc) is 3.39. The molecule has 38 heavy (non-hydrogen) atoms. The predicted molar refractivity (Wildman–Crippen MR) is 143 cm³/mol. The second-order valence-electron chi connectivity index (χ2n) is 8.09. The van der Waals surface area contributed by atoms with Gasteiger partial charge in [-0.15, -0.1) is 0 Å². The maximum atomic E-state index is 12.9. The van der Waals surface area contributed by atoms with E-state index in [0.717, 1.165) is 5.56 Å². The van der Waals surface area contributed by atoms with Gasteiger partial charge in [0.15, 0.2) is 0 Å². The number of aromatic nitrogens is 2. The molecule has 3 aromatic carbocycles. The summed E-state index contributed by atoms with van der Waals surface area (Å²) < 4.78 is 33.9. The molecular weight excluding hydrogens is 530 g/mol. The van der Waals surface area contributed by atoms with Crippen molar-refractivity contribution >= 4 is 39.4 Å². The molecule has 0 fully saturated rings. The van der Waals surface area contributed by atoms with Gasteiger partial charge in [0, 0.05) is 28.8 Å². The fraction of sp³-hybridized carbons (Fsp3) is 0.115. The van der Waals surface area contributed by atoms with Crippen LogP contribution < -0.4 is 15.4 Å². The smallest absolute Gasteiger partial charge is 0.411 e. The van der Waals surface area contributed by atoms with E-state index in [-0.39, 0.29) is 4.90 Å². The minimum atomic E-state index is -4.14. The first-order valence-electron chi connectivity index (χ1n) is 11.4. The van der Waals surface area contributed by atoms with Crippen LogP contribution in [0, 0.1) is 0 Å². The number of halogens is 1.